The van der Waals surface area contributed by atoms with Gasteiger partial charge < -0.3 is 5.32 Å². The highest BCUT2D eigenvalue weighted by molar-refractivity contribution is 6.07. The van der Waals surface area contributed by atoms with Gasteiger partial charge in [-0.25, -0.2) is 0 Å². The van der Waals surface area contributed by atoms with E-state index in [1.807, 2.05) is 67.6 Å². The van der Waals surface area contributed by atoms with Gasteiger partial charge in [-0.2, -0.15) is 0 Å². The second kappa shape index (κ2) is 5.17. The third kappa shape index (κ3) is 2.41. The van der Waals surface area contributed by atoms with Gasteiger partial charge in [0, 0.05) is 11.3 Å². The molecule has 0 saturated carbocycles. The maximum atomic E-state index is 12.3. The van der Waals surface area contributed by atoms with Crippen LogP contribution in [0.1, 0.15) is 15.9 Å². The van der Waals surface area contributed by atoms with Gasteiger partial charge in [-0.3, -0.25) is 4.79 Å². The summed E-state index contributed by atoms with van der Waals surface area (Å²) >= 11 is 0. The molecule has 2 heteroatoms. The van der Waals surface area contributed by atoms with Crippen LogP contribution < -0.4 is 5.32 Å². The van der Waals surface area contributed by atoms with Crippen molar-refractivity contribution in [3.05, 3.63) is 77.9 Å². The molecule has 3 rings (SSSR count). The number of carbonyl (C=O) groups is 1. The molecule has 1 amide bonds. The zero-order chi connectivity index (χ0) is 13.9. The fourth-order valence-corrected chi connectivity index (χ4v) is 2.36. The van der Waals surface area contributed by atoms with Crippen molar-refractivity contribution in [2.45, 2.75) is 6.92 Å². The second-order valence-corrected chi connectivity index (χ2v) is 4.83. The Bertz CT molecular complexity index is 763. The van der Waals surface area contributed by atoms with Crippen molar-refractivity contribution in [2.24, 2.45) is 0 Å². The molecule has 1 N–H and O–H groups in total. The van der Waals surface area contributed by atoms with Crippen molar-refractivity contribution in [1.29, 1.82) is 0 Å². The Morgan fingerprint density at radius 2 is 1.60 bits per heavy atom. The number of amides is 1. The van der Waals surface area contributed by atoms with Gasteiger partial charge in [-0.15, -0.1) is 0 Å². The van der Waals surface area contributed by atoms with Crippen LogP contribution in [0.25, 0.3) is 10.8 Å². The summed E-state index contributed by atoms with van der Waals surface area (Å²) in [7, 11) is 0. The summed E-state index contributed by atoms with van der Waals surface area (Å²) in [5, 5.41) is 5.18. The summed E-state index contributed by atoms with van der Waals surface area (Å²) in [5.74, 6) is -0.0787. The van der Waals surface area contributed by atoms with Crippen LogP contribution in [0.3, 0.4) is 0 Å². The Morgan fingerprint density at radius 1 is 0.900 bits per heavy atom. The molecule has 3 aromatic carbocycles. The van der Waals surface area contributed by atoms with E-state index in [1.54, 1.807) is 0 Å². The maximum Gasteiger partial charge on any atom is 0.255 e. The van der Waals surface area contributed by atoms with Gasteiger partial charge in [-0.1, -0.05) is 42.5 Å². The molecule has 2 nitrogen and oxygen atoms in total. The average Bonchev–Trinajstić information content (AvgIpc) is 2.48. The van der Waals surface area contributed by atoms with E-state index in [9.17, 15) is 4.79 Å². The first-order valence-corrected chi connectivity index (χ1v) is 6.60. The number of nitrogens with one attached hydrogen (secondary N) is 1. The Kier molecular flexibility index (Phi) is 3.21. The summed E-state index contributed by atoms with van der Waals surface area (Å²) in [5.41, 5.74) is 2.61. The maximum absolute atomic E-state index is 12.3. The highest BCUT2D eigenvalue weighted by Gasteiger charge is 2.08. The molecule has 0 radical (unpaired) electrons. The van der Waals surface area contributed by atoms with E-state index in [4.69, 9.17) is 0 Å². The van der Waals surface area contributed by atoms with Crippen molar-refractivity contribution < 1.29 is 4.79 Å². The molecule has 0 aliphatic carbocycles. The fraction of sp³-hybridized carbons (Fsp3) is 0.0556. The van der Waals surface area contributed by atoms with Gasteiger partial charge in [-0.05, 0) is 47.5 Å². The monoisotopic (exact) mass is 261 g/mol. The Balaban J connectivity index is 1.96. The quantitative estimate of drug-likeness (QED) is 0.727. The molecule has 0 saturated heterocycles. The zero-order valence-electron chi connectivity index (χ0n) is 11.3. The summed E-state index contributed by atoms with van der Waals surface area (Å²) in [4.78, 5) is 12.3. The van der Waals surface area contributed by atoms with Gasteiger partial charge in [0.1, 0.15) is 0 Å². The Labute approximate surface area is 118 Å². The topological polar surface area (TPSA) is 29.1 Å². The first-order chi connectivity index (χ1) is 9.74. The summed E-state index contributed by atoms with van der Waals surface area (Å²) in [6.07, 6.45) is 0. The third-order valence-electron chi connectivity index (χ3n) is 3.36. The molecule has 0 fully saturated rings. The predicted octanol–water partition coefficient (Wildman–Crippen LogP) is 4.40. The molecule has 0 bridgehead atoms. The smallest absolute Gasteiger partial charge is 0.255 e. The molecule has 98 valence electrons. The number of benzene rings is 3. The number of fused-ring (bicyclic) bond motifs is 1. The number of carbonyl (C=O) groups excluding carboxylic acids is 1. The number of anilines is 1. The Morgan fingerprint density at radius 3 is 2.40 bits per heavy atom. The van der Waals surface area contributed by atoms with Crippen LogP contribution in [0.15, 0.2) is 66.7 Å². The molecule has 0 spiro atoms. The van der Waals surface area contributed by atoms with Crippen LogP contribution in [-0.2, 0) is 0 Å². The largest absolute Gasteiger partial charge is 0.322 e. The lowest BCUT2D eigenvalue weighted by Crippen LogP contribution is -2.11. The lowest BCUT2D eigenvalue weighted by Gasteiger charge is -2.08. The van der Waals surface area contributed by atoms with Crippen molar-refractivity contribution in [2.75, 3.05) is 5.32 Å². The highest BCUT2D eigenvalue weighted by Crippen LogP contribution is 2.21. The van der Waals surface area contributed by atoms with E-state index in [1.165, 1.54) is 5.39 Å². The predicted molar refractivity (Wildman–Crippen MR) is 83.1 cm³/mol. The summed E-state index contributed by atoms with van der Waals surface area (Å²) in [6, 6.07) is 21.5. The second-order valence-electron chi connectivity index (χ2n) is 4.83. The number of hydrogen-bond acceptors (Lipinski definition) is 1. The number of hydrogen-bond donors (Lipinski definition) is 1. The average molecular weight is 261 g/mol. The normalized spacial score (nSPS) is 10.4. The van der Waals surface area contributed by atoms with Gasteiger partial charge in [0.15, 0.2) is 0 Å². The number of aryl methyl sites for hydroxylation is 1. The van der Waals surface area contributed by atoms with Crippen molar-refractivity contribution in [3.8, 4) is 0 Å². The number of rotatable bonds is 2. The molecule has 20 heavy (non-hydrogen) atoms. The number of para-hydroxylation sites is 1. The van der Waals surface area contributed by atoms with E-state index in [0.717, 1.165) is 16.6 Å². The van der Waals surface area contributed by atoms with E-state index in [0.29, 0.717) is 5.56 Å². The van der Waals surface area contributed by atoms with Crippen LogP contribution in [-0.4, -0.2) is 5.91 Å². The lowest BCUT2D eigenvalue weighted by atomic mass is 10.0. The van der Waals surface area contributed by atoms with E-state index in [-0.39, 0.29) is 5.91 Å². The van der Waals surface area contributed by atoms with Crippen LogP contribution in [0.5, 0.6) is 0 Å². The minimum atomic E-state index is -0.0787. The fourth-order valence-electron chi connectivity index (χ4n) is 2.36. The van der Waals surface area contributed by atoms with Crippen LogP contribution >= 0.6 is 0 Å². The molecule has 0 atom stereocenters. The van der Waals surface area contributed by atoms with Crippen molar-refractivity contribution in [1.82, 2.24) is 0 Å². The Hall–Kier alpha value is -2.61. The molecular weight excluding hydrogens is 246 g/mol. The molecule has 0 aromatic heterocycles. The first kappa shape index (κ1) is 12.4. The third-order valence-corrected chi connectivity index (χ3v) is 3.36. The highest BCUT2D eigenvalue weighted by atomic mass is 16.1. The first-order valence-electron chi connectivity index (χ1n) is 6.60. The summed E-state index contributed by atoms with van der Waals surface area (Å²) in [6.45, 7) is 2.03. The molecule has 0 aliphatic heterocycles. The van der Waals surface area contributed by atoms with Crippen LogP contribution in [0.4, 0.5) is 5.69 Å². The molecule has 0 aliphatic rings. The van der Waals surface area contributed by atoms with Crippen LogP contribution in [0.2, 0.25) is 0 Å². The van der Waals surface area contributed by atoms with Crippen molar-refractivity contribution in [3.63, 3.8) is 0 Å². The van der Waals surface area contributed by atoms with E-state index in [2.05, 4.69) is 11.4 Å². The standard InChI is InChI=1S/C18H15NO/c1-13-11-15(12-14-7-5-6-10-17(13)14)18(20)19-16-8-3-2-4-9-16/h2-12H,1H3,(H,19,20). The molecular formula is C18H15NO. The SMILES string of the molecule is Cc1cc(C(=O)Nc2ccccc2)cc2ccccc12. The van der Waals surface area contributed by atoms with Gasteiger partial charge in [0.25, 0.3) is 5.91 Å². The molecule has 0 heterocycles. The molecule has 3 aromatic rings. The van der Waals surface area contributed by atoms with E-state index < -0.39 is 0 Å². The lowest BCUT2D eigenvalue weighted by molar-refractivity contribution is 0.102. The molecule has 0 unspecified atom stereocenters. The zero-order valence-corrected chi connectivity index (χ0v) is 11.3. The minimum Gasteiger partial charge on any atom is -0.322 e. The summed E-state index contributed by atoms with van der Waals surface area (Å²) < 4.78 is 0. The minimum absolute atomic E-state index is 0.0787. The van der Waals surface area contributed by atoms with Crippen LogP contribution in [0, 0.1) is 6.92 Å². The van der Waals surface area contributed by atoms with E-state index >= 15 is 0 Å². The van der Waals surface area contributed by atoms with Gasteiger partial charge in [0.05, 0.1) is 0 Å². The van der Waals surface area contributed by atoms with Gasteiger partial charge >= 0.3 is 0 Å². The van der Waals surface area contributed by atoms with Crippen molar-refractivity contribution >= 4 is 22.4 Å². The van der Waals surface area contributed by atoms with Gasteiger partial charge in [0.2, 0.25) is 0 Å².